The molecule has 12 nitrogen and oxygen atoms in total. The normalized spacial score (nSPS) is 11.0. The van der Waals surface area contributed by atoms with Crippen LogP contribution >= 0.6 is 50.2 Å². The van der Waals surface area contributed by atoms with Gasteiger partial charge < -0.3 is 29.7 Å². The van der Waals surface area contributed by atoms with Gasteiger partial charge in [-0.25, -0.2) is 19.6 Å². The van der Waals surface area contributed by atoms with Gasteiger partial charge in [0.2, 0.25) is 11.4 Å². The number of rotatable bonds is 8. The second-order valence-corrected chi connectivity index (χ2v) is 16.2. The van der Waals surface area contributed by atoms with Crippen LogP contribution in [-0.2, 0) is 0 Å². The lowest BCUT2D eigenvalue weighted by Gasteiger charge is -2.05. The molecule has 0 bridgehead atoms. The van der Waals surface area contributed by atoms with Gasteiger partial charge in [-0.05, 0) is 98.5 Å². The minimum atomic E-state index is -1.13. The SMILES string of the molecule is Cc1cc(C)c2cc(C(=O)Nc3scc(-c4ccc(Br)cc4)c3C(=O)O)oc2n1.Cc1cc(C)c2cc(C(=O)Nc3scc(-c4ccc(Cl)cc4)c3C(=O)O)oc2n1. The zero-order chi connectivity index (χ0) is 41.4. The Morgan fingerprint density at radius 3 is 1.43 bits per heavy atom. The number of carbonyl (C=O) groups excluding carboxylic acids is 2. The van der Waals surface area contributed by atoms with Crippen LogP contribution in [0, 0.1) is 27.7 Å². The van der Waals surface area contributed by atoms with E-state index in [9.17, 15) is 29.4 Å². The van der Waals surface area contributed by atoms with E-state index >= 15 is 0 Å². The van der Waals surface area contributed by atoms with Crippen LogP contribution in [0.3, 0.4) is 0 Å². The highest BCUT2D eigenvalue weighted by atomic mass is 79.9. The number of pyridine rings is 2. The van der Waals surface area contributed by atoms with Crippen molar-refractivity contribution >= 4 is 106 Å². The number of hydrogen-bond acceptors (Lipinski definition) is 10. The fourth-order valence-corrected chi connectivity index (χ4v) is 8.53. The Bertz CT molecular complexity index is 2720. The van der Waals surface area contributed by atoms with Crippen LogP contribution < -0.4 is 10.6 Å². The summed E-state index contributed by atoms with van der Waals surface area (Å²) in [6, 6.07) is 21.2. The van der Waals surface area contributed by atoms with Gasteiger partial charge in [0.15, 0.2) is 11.5 Å². The number of amides is 2. The molecule has 0 aliphatic carbocycles. The molecule has 0 unspecified atom stereocenters. The van der Waals surface area contributed by atoms with Crippen molar-refractivity contribution in [1.29, 1.82) is 0 Å². The average Bonchev–Trinajstić information content (AvgIpc) is 3.98. The number of nitrogens with one attached hydrogen (secondary N) is 2. The number of anilines is 2. The van der Waals surface area contributed by atoms with Crippen LogP contribution in [-0.4, -0.2) is 43.9 Å². The monoisotopic (exact) mass is 896 g/mol. The maximum absolute atomic E-state index is 12.7. The third kappa shape index (κ3) is 8.29. The molecule has 8 aromatic rings. The first kappa shape index (κ1) is 40.1. The van der Waals surface area contributed by atoms with Gasteiger partial charge in [-0.1, -0.05) is 51.8 Å². The summed E-state index contributed by atoms with van der Waals surface area (Å²) in [5, 5.41) is 30.7. The summed E-state index contributed by atoms with van der Waals surface area (Å²) in [6.07, 6.45) is 0. The van der Waals surface area contributed by atoms with Gasteiger partial charge in [-0.3, -0.25) is 9.59 Å². The molecular formula is C42H30BrClN4O8S2. The summed E-state index contributed by atoms with van der Waals surface area (Å²) >= 11 is 11.6. The molecule has 0 radical (unpaired) electrons. The Kier molecular flexibility index (Phi) is 11.3. The van der Waals surface area contributed by atoms with Crippen LogP contribution in [0.25, 0.3) is 44.5 Å². The number of thiophene rings is 2. The number of aromatic nitrogens is 2. The number of halogens is 2. The minimum absolute atomic E-state index is 0.0203. The smallest absolute Gasteiger partial charge is 0.339 e. The average molecular weight is 898 g/mol. The molecule has 2 amide bonds. The predicted octanol–water partition coefficient (Wildman–Crippen LogP) is 11.7. The van der Waals surface area contributed by atoms with E-state index in [-0.39, 0.29) is 32.6 Å². The maximum Gasteiger partial charge on any atom is 0.339 e. The van der Waals surface area contributed by atoms with Crippen molar-refractivity contribution in [2.45, 2.75) is 27.7 Å². The van der Waals surface area contributed by atoms with Gasteiger partial charge in [0, 0.05) is 53.5 Å². The first-order chi connectivity index (χ1) is 27.7. The second-order valence-electron chi connectivity index (χ2n) is 13.1. The van der Waals surface area contributed by atoms with Crippen molar-refractivity contribution in [3.63, 3.8) is 0 Å². The van der Waals surface area contributed by atoms with Crippen LogP contribution in [0.4, 0.5) is 10.0 Å². The zero-order valence-electron chi connectivity index (χ0n) is 30.9. The Hall–Kier alpha value is -6.13. The molecular weight excluding hydrogens is 868 g/mol. The third-order valence-corrected chi connectivity index (χ3v) is 11.5. The van der Waals surface area contributed by atoms with Gasteiger partial charge in [0.1, 0.15) is 21.1 Å². The summed E-state index contributed by atoms with van der Waals surface area (Å²) in [4.78, 5) is 57.8. The number of carboxylic acids is 2. The topological polar surface area (TPSA) is 185 Å². The molecule has 4 N–H and O–H groups in total. The molecule has 292 valence electrons. The summed E-state index contributed by atoms with van der Waals surface area (Å²) in [7, 11) is 0. The Morgan fingerprint density at radius 2 is 1.03 bits per heavy atom. The highest BCUT2D eigenvalue weighted by Gasteiger charge is 2.25. The third-order valence-electron chi connectivity index (χ3n) is 8.90. The van der Waals surface area contributed by atoms with Crippen molar-refractivity contribution in [3.05, 3.63) is 138 Å². The fraction of sp³-hybridized carbons (Fsp3) is 0.0952. The molecule has 58 heavy (non-hydrogen) atoms. The number of aromatic carboxylic acids is 2. The highest BCUT2D eigenvalue weighted by molar-refractivity contribution is 9.10. The van der Waals surface area contributed by atoms with Gasteiger partial charge in [0.05, 0.1) is 0 Å². The van der Waals surface area contributed by atoms with Gasteiger partial charge in [-0.2, -0.15) is 0 Å². The van der Waals surface area contributed by atoms with E-state index in [2.05, 4.69) is 36.5 Å². The maximum atomic E-state index is 12.7. The molecule has 0 spiro atoms. The zero-order valence-corrected chi connectivity index (χ0v) is 34.9. The predicted molar refractivity (Wildman–Crippen MR) is 229 cm³/mol. The fourth-order valence-electron chi connectivity index (χ4n) is 6.22. The number of aryl methyl sites for hydroxylation is 4. The molecule has 2 aromatic carbocycles. The first-order valence-electron chi connectivity index (χ1n) is 17.3. The van der Waals surface area contributed by atoms with Crippen molar-refractivity contribution in [2.75, 3.05) is 10.6 Å². The summed E-state index contributed by atoms with van der Waals surface area (Å²) in [5.74, 6) is -3.16. The first-order valence-corrected chi connectivity index (χ1v) is 20.2. The lowest BCUT2D eigenvalue weighted by Crippen LogP contribution is -2.12. The molecule has 0 saturated carbocycles. The highest BCUT2D eigenvalue weighted by Crippen LogP contribution is 2.38. The van der Waals surface area contributed by atoms with Gasteiger partial charge in [0.25, 0.3) is 11.8 Å². The molecule has 6 aromatic heterocycles. The number of fused-ring (bicyclic) bond motifs is 2. The van der Waals surface area contributed by atoms with E-state index in [4.69, 9.17) is 20.4 Å². The molecule has 0 atom stereocenters. The largest absolute Gasteiger partial charge is 0.478 e. The Balaban J connectivity index is 0.000000177. The van der Waals surface area contributed by atoms with E-state index in [0.717, 1.165) is 66.0 Å². The minimum Gasteiger partial charge on any atom is -0.478 e. The van der Waals surface area contributed by atoms with Crippen LogP contribution in [0.5, 0.6) is 0 Å². The van der Waals surface area contributed by atoms with E-state index in [1.54, 1.807) is 47.2 Å². The molecule has 0 aliphatic heterocycles. The van der Waals surface area contributed by atoms with E-state index in [0.29, 0.717) is 33.1 Å². The number of nitrogens with zero attached hydrogens (tertiary/aromatic N) is 2. The van der Waals surface area contributed by atoms with Gasteiger partial charge >= 0.3 is 11.9 Å². The van der Waals surface area contributed by atoms with Gasteiger partial charge in [-0.15, -0.1) is 22.7 Å². The van der Waals surface area contributed by atoms with Crippen molar-refractivity contribution < 1.29 is 38.2 Å². The van der Waals surface area contributed by atoms with Crippen molar-refractivity contribution in [2.24, 2.45) is 0 Å². The Morgan fingerprint density at radius 1 is 0.638 bits per heavy atom. The molecule has 0 fully saturated rings. The number of benzene rings is 2. The lowest BCUT2D eigenvalue weighted by atomic mass is 10.0. The summed E-state index contributed by atoms with van der Waals surface area (Å²) in [6.45, 7) is 7.52. The van der Waals surface area contributed by atoms with Crippen LogP contribution in [0.1, 0.15) is 64.3 Å². The van der Waals surface area contributed by atoms with E-state index in [1.165, 1.54) is 0 Å². The van der Waals surface area contributed by atoms with Crippen molar-refractivity contribution in [3.8, 4) is 22.3 Å². The molecule has 0 saturated heterocycles. The van der Waals surface area contributed by atoms with E-state index < -0.39 is 23.8 Å². The quantitative estimate of drug-likeness (QED) is 0.114. The number of furan rings is 2. The number of carboxylic acid groups (broad SMARTS) is 2. The van der Waals surface area contributed by atoms with Crippen LogP contribution in [0.2, 0.25) is 5.02 Å². The van der Waals surface area contributed by atoms with Crippen molar-refractivity contribution in [1.82, 2.24) is 9.97 Å². The molecule has 0 aliphatic rings. The summed E-state index contributed by atoms with van der Waals surface area (Å²) in [5.41, 5.74) is 6.81. The molecule has 6 heterocycles. The number of carbonyl (C=O) groups is 4. The van der Waals surface area contributed by atoms with Crippen LogP contribution in [0.15, 0.2) is 96.9 Å². The summed E-state index contributed by atoms with van der Waals surface area (Å²) < 4.78 is 12.1. The molecule has 16 heteroatoms. The van der Waals surface area contributed by atoms with E-state index in [1.807, 2.05) is 64.1 Å². The standard InChI is InChI=1S/C21H15BrN2O4S.C21H15ClN2O4S/c2*1-10-7-11(2)23-19-14(10)8-16(28-19)18(25)24-20-17(21(26)27)15(9-29-20)12-3-5-13(22)6-4-12/h2*3-9H,1-2H3,(H,24,25)(H,26,27). The second kappa shape index (κ2) is 16.4. The molecule has 8 rings (SSSR count). The number of hydrogen-bond donors (Lipinski definition) is 4. The Labute approximate surface area is 351 Å². The lowest BCUT2D eigenvalue weighted by molar-refractivity contribution is 0.0688.